The number of aliphatic carboxylic acids is 1. The second-order valence-electron chi connectivity index (χ2n) is 4.70. The summed E-state index contributed by atoms with van der Waals surface area (Å²) in [7, 11) is 0. The van der Waals surface area contributed by atoms with Crippen molar-refractivity contribution in [3.8, 4) is 11.5 Å². The number of oxazole rings is 1. The number of rotatable bonds is 4. The van der Waals surface area contributed by atoms with Crippen LogP contribution in [0.15, 0.2) is 46.9 Å². The molecule has 0 radical (unpaired) electrons. The predicted molar refractivity (Wildman–Crippen MR) is 77.8 cm³/mol. The molecule has 0 atom stereocenters. The molecule has 0 saturated heterocycles. The van der Waals surface area contributed by atoms with E-state index in [4.69, 9.17) is 16.0 Å². The fraction of sp³-hybridized carbons (Fsp3) is 0.125. The minimum Gasteiger partial charge on any atom is -0.550 e. The molecule has 0 amide bonds. The van der Waals surface area contributed by atoms with Crippen LogP contribution >= 0.6 is 11.6 Å². The number of aromatic nitrogens is 1. The summed E-state index contributed by atoms with van der Waals surface area (Å²) in [4.78, 5) is 14.9. The van der Waals surface area contributed by atoms with Gasteiger partial charge in [0.25, 0.3) is 0 Å². The van der Waals surface area contributed by atoms with Crippen molar-refractivity contribution < 1.29 is 43.9 Å². The molecule has 0 spiro atoms. The van der Waals surface area contributed by atoms with Gasteiger partial charge in [0, 0.05) is 16.6 Å². The third-order valence-corrected chi connectivity index (χ3v) is 3.41. The number of carboxylic acid groups (broad SMARTS) is 1. The Labute approximate surface area is 154 Å². The van der Waals surface area contributed by atoms with Crippen LogP contribution in [0.5, 0.6) is 0 Å². The summed E-state index contributed by atoms with van der Waals surface area (Å²) in [6.07, 6.45) is 0.412. The quantitative estimate of drug-likeness (QED) is 0.626. The predicted octanol–water partition coefficient (Wildman–Crippen LogP) is -0.165. The fourth-order valence-corrected chi connectivity index (χ4v) is 2.22. The van der Waals surface area contributed by atoms with E-state index in [9.17, 15) is 9.90 Å². The number of carbonyl (C=O) groups is 1. The molecule has 2 aromatic carbocycles. The molecular formula is C16H11ClNNaO3. The van der Waals surface area contributed by atoms with Crippen LogP contribution in [0.3, 0.4) is 0 Å². The summed E-state index contributed by atoms with van der Waals surface area (Å²) in [5, 5.41) is 11.1. The molecule has 1 aromatic heterocycles. The van der Waals surface area contributed by atoms with E-state index >= 15 is 0 Å². The SMILES string of the molecule is O=C([O-])CCc1ccc2oc(-c3ccc(Cl)cc3)nc2c1.[Na+]. The standard InChI is InChI=1S/C16H12ClNO3.Na/c17-12-5-3-11(4-6-12)16-18-13-9-10(2-8-15(19)20)1-7-14(13)21-16;/h1,3-7,9H,2,8H2,(H,19,20);/q;+1/p-1. The number of nitrogens with zero attached hydrogens (tertiary/aromatic N) is 1. The van der Waals surface area contributed by atoms with Crippen molar-refractivity contribution in [3.63, 3.8) is 0 Å². The van der Waals surface area contributed by atoms with Crippen molar-refractivity contribution in [2.24, 2.45) is 0 Å². The third kappa shape index (κ3) is 3.90. The van der Waals surface area contributed by atoms with Gasteiger partial charge in [-0.1, -0.05) is 17.7 Å². The summed E-state index contributed by atoms with van der Waals surface area (Å²) in [6.45, 7) is 0. The van der Waals surface area contributed by atoms with E-state index in [1.807, 2.05) is 24.3 Å². The first-order chi connectivity index (χ1) is 10.1. The van der Waals surface area contributed by atoms with Crippen molar-refractivity contribution in [1.29, 1.82) is 0 Å². The second-order valence-corrected chi connectivity index (χ2v) is 5.14. The average Bonchev–Trinajstić information content (AvgIpc) is 2.88. The molecule has 0 aliphatic carbocycles. The number of fused-ring (bicyclic) bond motifs is 1. The number of carbonyl (C=O) groups excluding carboxylic acids is 1. The molecule has 0 N–H and O–H groups in total. The second kappa shape index (κ2) is 7.29. The Morgan fingerprint density at radius 2 is 1.91 bits per heavy atom. The normalized spacial score (nSPS) is 10.4. The van der Waals surface area contributed by atoms with Crippen LogP contribution in [0.25, 0.3) is 22.6 Å². The maximum Gasteiger partial charge on any atom is 1.00 e. The van der Waals surface area contributed by atoms with Crippen molar-refractivity contribution in [2.75, 3.05) is 0 Å². The largest absolute Gasteiger partial charge is 1.00 e. The summed E-state index contributed by atoms with van der Waals surface area (Å²) in [5.41, 5.74) is 3.10. The van der Waals surface area contributed by atoms with Crippen LogP contribution in [0, 0.1) is 0 Å². The van der Waals surface area contributed by atoms with Gasteiger partial charge in [-0.3, -0.25) is 0 Å². The van der Waals surface area contributed by atoms with E-state index in [0.29, 0.717) is 28.4 Å². The summed E-state index contributed by atoms with van der Waals surface area (Å²) >= 11 is 5.85. The molecule has 0 unspecified atom stereocenters. The molecule has 0 bridgehead atoms. The number of hydrogen-bond acceptors (Lipinski definition) is 4. The first-order valence-electron chi connectivity index (χ1n) is 6.47. The van der Waals surface area contributed by atoms with Gasteiger partial charge in [-0.2, -0.15) is 0 Å². The first kappa shape index (κ1) is 17.0. The van der Waals surface area contributed by atoms with Gasteiger partial charge in [0.2, 0.25) is 5.89 Å². The zero-order valence-corrected chi connectivity index (χ0v) is 14.8. The summed E-state index contributed by atoms with van der Waals surface area (Å²) in [5.74, 6) is -0.546. The number of aryl methyl sites for hydroxylation is 1. The maximum absolute atomic E-state index is 10.5. The van der Waals surface area contributed by atoms with Gasteiger partial charge in [0.1, 0.15) is 5.52 Å². The summed E-state index contributed by atoms with van der Waals surface area (Å²) in [6, 6.07) is 12.7. The molecule has 6 heteroatoms. The molecule has 106 valence electrons. The van der Waals surface area contributed by atoms with Crippen molar-refractivity contribution in [1.82, 2.24) is 4.98 Å². The van der Waals surface area contributed by atoms with Gasteiger partial charge in [-0.25, -0.2) is 4.98 Å². The Hall–Kier alpha value is -1.33. The monoisotopic (exact) mass is 323 g/mol. The minimum atomic E-state index is -1.06. The molecule has 3 rings (SSSR count). The zero-order chi connectivity index (χ0) is 14.8. The molecule has 4 nitrogen and oxygen atoms in total. The molecule has 0 saturated carbocycles. The minimum absolute atomic E-state index is 0. The number of carboxylic acids is 1. The van der Waals surface area contributed by atoms with Crippen LogP contribution in [-0.4, -0.2) is 11.0 Å². The van der Waals surface area contributed by atoms with Crippen molar-refractivity contribution in [3.05, 3.63) is 53.1 Å². The molecule has 0 aliphatic rings. The van der Waals surface area contributed by atoms with E-state index in [0.717, 1.165) is 11.1 Å². The number of halogens is 1. The zero-order valence-electron chi connectivity index (χ0n) is 12.0. The Morgan fingerprint density at radius 3 is 2.59 bits per heavy atom. The Kier molecular flexibility index (Phi) is 5.64. The van der Waals surface area contributed by atoms with Gasteiger partial charge in [-0.15, -0.1) is 0 Å². The van der Waals surface area contributed by atoms with E-state index in [1.165, 1.54) is 0 Å². The number of benzene rings is 2. The van der Waals surface area contributed by atoms with Crippen molar-refractivity contribution >= 4 is 28.7 Å². The smallest absolute Gasteiger partial charge is 0.550 e. The molecule has 0 aliphatic heterocycles. The van der Waals surface area contributed by atoms with Crippen LogP contribution in [0.4, 0.5) is 0 Å². The molecule has 0 fully saturated rings. The maximum atomic E-state index is 10.5. The van der Waals surface area contributed by atoms with Gasteiger partial charge >= 0.3 is 29.6 Å². The molecular weight excluding hydrogens is 313 g/mol. The molecule has 1 heterocycles. The molecule has 22 heavy (non-hydrogen) atoms. The van der Waals surface area contributed by atoms with Gasteiger partial charge in [0.15, 0.2) is 5.58 Å². The fourth-order valence-electron chi connectivity index (χ4n) is 2.09. The van der Waals surface area contributed by atoms with Crippen LogP contribution < -0.4 is 34.7 Å². The van der Waals surface area contributed by atoms with E-state index < -0.39 is 5.97 Å². The van der Waals surface area contributed by atoms with Crippen LogP contribution in [0.2, 0.25) is 5.02 Å². The van der Waals surface area contributed by atoms with E-state index in [2.05, 4.69) is 4.98 Å². The summed E-state index contributed by atoms with van der Waals surface area (Å²) < 4.78 is 5.69. The van der Waals surface area contributed by atoms with E-state index in [1.54, 1.807) is 18.2 Å². The van der Waals surface area contributed by atoms with Gasteiger partial charge in [0.05, 0.1) is 0 Å². The van der Waals surface area contributed by atoms with Crippen molar-refractivity contribution in [2.45, 2.75) is 12.8 Å². The van der Waals surface area contributed by atoms with Crippen LogP contribution in [-0.2, 0) is 11.2 Å². The van der Waals surface area contributed by atoms with Crippen LogP contribution in [0.1, 0.15) is 12.0 Å². The Balaban J connectivity index is 0.00000176. The van der Waals surface area contributed by atoms with Gasteiger partial charge < -0.3 is 14.3 Å². The average molecular weight is 324 g/mol. The third-order valence-electron chi connectivity index (χ3n) is 3.16. The Bertz CT molecular complexity index is 799. The molecule has 3 aromatic rings. The van der Waals surface area contributed by atoms with E-state index in [-0.39, 0.29) is 36.0 Å². The number of hydrogen-bond donors (Lipinski definition) is 0. The first-order valence-corrected chi connectivity index (χ1v) is 6.85. The topological polar surface area (TPSA) is 66.2 Å². The Morgan fingerprint density at radius 1 is 1.18 bits per heavy atom. The van der Waals surface area contributed by atoms with Gasteiger partial charge in [-0.05, 0) is 54.8 Å².